The molecule has 3 heteroatoms. The Hall–Kier alpha value is -1.77. The van der Waals surface area contributed by atoms with Gasteiger partial charge in [0.1, 0.15) is 5.75 Å². The molecule has 1 aromatic carbocycles. The molecule has 0 saturated heterocycles. The minimum absolute atomic E-state index is 0.0109. The van der Waals surface area contributed by atoms with E-state index >= 15 is 0 Å². The predicted molar refractivity (Wildman–Crippen MR) is 105 cm³/mol. The number of nitrogens with one attached hydrogen (secondary N) is 1. The van der Waals surface area contributed by atoms with Crippen LogP contribution in [-0.2, 0) is 4.79 Å². The van der Waals surface area contributed by atoms with E-state index in [-0.39, 0.29) is 11.9 Å². The number of methoxy groups -OCH3 is 1. The second-order valence-corrected chi connectivity index (χ2v) is 9.09. The fourth-order valence-electron chi connectivity index (χ4n) is 6.27. The van der Waals surface area contributed by atoms with Gasteiger partial charge in [0, 0.05) is 17.7 Å². The zero-order valence-corrected chi connectivity index (χ0v) is 16.3. The van der Waals surface area contributed by atoms with Crippen molar-refractivity contribution in [1.29, 1.82) is 0 Å². The zero-order chi connectivity index (χ0) is 18.3. The standard InChI is InChI=1S/C23H31NO2/c1-15-4-6-21(26-3)20(8-15)5-7-22(25)24-16(2)23-12-17-9-18(13-23)11-19(10-17)14-23/h4-8,16-19H,9-14H2,1-3H3,(H,24,25)/b7-5+/t16-,17?,18?,19?,23?/m1/s1. The molecule has 5 rings (SSSR count). The number of aryl methyl sites for hydroxylation is 1. The van der Waals surface area contributed by atoms with Crippen LogP contribution in [0.1, 0.15) is 56.6 Å². The topological polar surface area (TPSA) is 38.3 Å². The van der Waals surface area contributed by atoms with Crippen molar-refractivity contribution in [3.8, 4) is 5.75 Å². The molecule has 0 radical (unpaired) electrons. The van der Waals surface area contributed by atoms with Gasteiger partial charge in [-0.25, -0.2) is 0 Å². The van der Waals surface area contributed by atoms with Crippen molar-refractivity contribution in [3.05, 3.63) is 35.4 Å². The van der Waals surface area contributed by atoms with Gasteiger partial charge in [-0.2, -0.15) is 0 Å². The summed E-state index contributed by atoms with van der Waals surface area (Å²) < 4.78 is 5.40. The molecule has 0 unspecified atom stereocenters. The van der Waals surface area contributed by atoms with Crippen molar-refractivity contribution < 1.29 is 9.53 Å². The van der Waals surface area contributed by atoms with Gasteiger partial charge in [0.25, 0.3) is 0 Å². The highest BCUT2D eigenvalue weighted by Gasteiger charge is 2.53. The molecule has 1 atom stereocenters. The molecule has 26 heavy (non-hydrogen) atoms. The van der Waals surface area contributed by atoms with Gasteiger partial charge >= 0.3 is 0 Å². The third-order valence-electron chi connectivity index (χ3n) is 7.16. The largest absolute Gasteiger partial charge is 0.496 e. The highest BCUT2D eigenvalue weighted by Crippen LogP contribution is 2.61. The summed E-state index contributed by atoms with van der Waals surface area (Å²) >= 11 is 0. The third kappa shape index (κ3) is 3.28. The van der Waals surface area contributed by atoms with E-state index < -0.39 is 0 Å². The van der Waals surface area contributed by atoms with Crippen molar-refractivity contribution in [2.45, 2.75) is 58.4 Å². The molecule has 4 bridgehead atoms. The van der Waals surface area contributed by atoms with Gasteiger partial charge in [-0.15, -0.1) is 0 Å². The summed E-state index contributed by atoms with van der Waals surface area (Å²) in [5.41, 5.74) is 2.46. The Morgan fingerprint density at radius 3 is 2.38 bits per heavy atom. The first kappa shape index (κ1) is 17.6. The van der Waals surface area contributed by atoms with Crippen LogP contribution in [-0.4, -0.2) is 19.1 Å². The highest BCUT2D eigenvalue weighted by molar-refractivity contribution is 5.92. The van der Waals surface area contributed by atoms with E-state index in [1.54, 1.807) is 13.2 Å². The molecule has 4 saturated carbocycles. The van der Waals surface area contributed by atoms with Crippen LogP contribution in [0.5, 0.6) is 5.75 Å². The Labute approximate surface area is 157 Å². The molecular weight excluding hydrogens is 322 g/mol. The van der Waals surface area contributed by atoms with Gasteiger partial charge in [0.15, 0.2) is 0 Å². The minimum atomic E-state index is 0.0109. The van der Waals surface area contributed by atoms with Gasteiger partial charge in [0.2, 0.25) is 5.91 Å². The van der Waals surface area contributed by atoms with Gasteiger partial charge in [0.05, 0.1) is 7.11 Å². The Bertz CT molecular complexity index is 686. The van der Waals surface area contributed by atoms with E-state index in [1.165, 1.54) is 38.5 Å². The molecule has 1 N–H and O–H groups in total. The molecule has 4 aliphatic rings. The van der Waals surface area contributed by atoms with Crippen molar-refractivity contribution in [1.82, 2.24) is 5.32 Å². The number of carbonyl (C=O) groups excluding carboxylic acids is 1. The first-order chi connectivity index (χ1) is 12.5. The maximum atomic E-state index is 12.6. The lowest BCUT2D eigenvalue weighted by Crippen LogP contribution is -2.55. The minimum Gasteiger partial charge on any atom is -0.496 e. The van der Waals surface area contributed by atoms with Crippen LogP contribution >= 0.6 is 0 Å². The second-order valence-electron chi connectivity index (χ2n) is 9.09. The number of benzene rings is 1. The number of rotatable bonds is 5. The lowest BCUT2D eigenvalue weighted by Gasteiger charge is -2.59. The SMILES string of the molecule is COc1ccc(C)cc1/C=C/C(=O)N[C@H](C)C12CC3CC(CC(C3)C1)C2. The second kappa shape index (κ2) is 6.75. The number of hydrogen-bond acceptors (Lipinski definition) is 2. The normalized spacial score (nSPS) is 33.4. The van der Waals surface area contributed by atoms with Crippen LogP contribution in [0, 0.1) is 30.1 Å². The van der Waals surface area contributed by atoms with Crippen molar-refractivity contribution in [3.63, 3.8) is 0 Å². The summed E-state index contributed by atoms with van der Waals surface area (Å²) in [5, 5.41) is 3.29. The fraction of sp³-hybridized carbons (Fsp3) is 0.609. The highest BCUT2D eigenvalue weighted by atomic mass is 16.5. The fourth-order valence-corrected chi connectivity index (χ4v) is 6.27. The third-order valence-corrected chi connectivity index (χ3v) is 7.16. The first-order valence-corrected chi connectivity index (χ1v) is 10.1. The lowest BCUT2D eigenvalue weighted by atomic mass is 9.48. The zero-order valence-electron chi connectivity index (χ0n) is 16.3. The lowest BCUT2D eigenvalue weighted by molar-refractivity contribution is -0.121. The van der Waals surface area contributed by atoms with E-state index in [4.69, 9.17) is 4.74 Å². The predicted octanol–water partition coefficient (Wildman–Crippen LogP) is 4.74. The van der Waals surface area contributed by atoms with Crippen LogP contribution in [0.4, 0.5) is 0 Å². The summed E-state index contributed by atoms with van der Waals surface area (Å²) in [4.78, 5) is 12.6. The van der Waals surface area contributed by atoms with Crippen LogP contribution in [0.15, 0.2) is 24.3 Å². The molecule has 4 aliphatic carbocycles. The summed E-state index contributed by atoms with van der Waals surface area (Å²) in [7, 11) is 1.66. The van der Waals surface area contributed by atoms with Gasteiger partial charge in [-0.05, 0) is 93.7 Å². The molecule has 0 spiro atoms. The summed E-state index contributed by atoms with van der Waals surface area (Å²) in [6, 6.07) is 6.27. The van der Waals surface area contributed by atoms with E-state index in [1.807, 2.05) is 31.2 Å². The van der Waals surface area contributed by atoms with Gasteiger partial charge in [-0.1, -0.05) is 11.6 Å². The van der Waals surface area contributed by atoms with E-state index in [2.05, 4.69) is 12.2 Å². The Morgan fingerprint density at radius 1 is 1.19 bits per heavy atom. The Balaban J connectivity index is 1.43. The summed E-state index contributed by atoms with van der Waals surface area (Å²) in [5.74, 6) is 3.54. The van der Waals surface area contributed by atoms with E-state index in [0.29, 0.717) is 5.41 Å². The van der Waals surface area contributed by atoms with Crippen LogP contribution in [0.25, 0.3) is 6.08 Å². The van der Waals surface area contributed by atoms with Crippen molar-refractivity contribution >= 4 is 12.0 Å². The van der Waals surface area contributed by atoms with Crippen molar-refractivity contribution in [2.75, 3.05) is 7.11 Å². The maximum Gasteiger partial charge on any atom is 0.244 e. The number of amides is 1. The summed E-state index contributed by atoms with van der Waals surface area (Å²) in [6.07, 6.45) is 11.8. The van der Waals surface area contributed by atoms with Crippen molar-refractivity contribution in [2.24, 2.45) is 23.2 Å². The van der Waals surface area contributed by atoms with Gasteiger partial charge < -0.3 is 10.1 Å². The number of carbonyl (C=O) groups is 1. The average molecular weight is 354 g/mol. The first-order valence-electron chi connectivity index (χ1n) is 10.1. The average Bonchev–Trinajstić information content (AvgIpc) is 2.59. The van der Waals surface area contributed by atoms with E-state index in [0.717, 1.165) is 34.6 Å². The molecule has 140 valence electrons. The molecule has 0 heterocycles. The monoisotopic (exact) mass is 353 g/mol. The molecular formula is C23H31NO2. The van der Waals surface area contributed by atoms with Crippen LogP contribution < -0.4 is 10.1 Å². The molecule has 1 aromatic rings. The number of hydrogen-bond donors (Lipinski definition) is 1. The van der Waals surface area contributed by atoms with E-state index in [9.17, 15) is 4.79 Å². The smallest absolute Gasteiger partial charge is 0.244 e. The Morgan fingerprint density at radius 2 is 1.81 bits per heavy atom. The number of ether oxygens (including phenoxy) is 1. The Kier molecular flexibility index (Phi) is 4.58. The molecule has 0 aromatic heterocycles. The maximum absolute atomic E-state index is 12.6. The van der Waals surface area contributed by atoms with Crippen LogP contribution in [0.3, 0.4) is 0 Å². The molecule has 0 aliphatic heterocycles. The van der Waals surface area contributed by atoms with Crippen LogP contribution in [0.2, 0.25) is 0 Å². The summed E-state index contributed by atoms with van der Waals surface area (Å²) in [6.45, 7) is 4.28. The van der Waals surface area contributed by atoms with Gasteiger partial charge in [-0.3, -0.25) is 4.79 Å². The molecule has 4 fully saturated rings. The quantitative estimate of drug-likeness (QED) is 0.777. The molecule has 1 amide bonds. The molecule has 3 nitrogen and oxygen atoms in total.